The third-order valence-electron chi connectivity index (χ3n) is 3.80. The fraction of sp³-hybridized carbons (Fsp3) is 0.105. The van der Waals surface area contributed by atoms with Gasteiger partial charge in [-0.3, -0.25) is 10.3 Å². The summed E-state index contributed by atoms with van der Waals surface area (Å²) in [5.41, 5.74) is 0.741. The highest BCUT2D eigenvalue weighted by molar-refractivity contribution is 5.90. The van der Waals surface area contributed by atoms with Gasteiger partial charge >= 0.3 is 12.3 Å². The minimum atomic E-state index is -4.60. The standard InChI is InChI=1S/C19H15F3N4O2/c1-11-8-13(12-5-7-23-16(10-12)26-18(27)28-2)9-15(25-11)14-4-3-6-24-17(14)19(20,21)22/h3-10,25H,1H2,2H3,(H,23,26,27). The second kappa shape index (κ2) is 7.55. The van der Waals surface area contributed by atoms with Gasteiger partial charge in [0.25, 0.3) is 0 Å². The molecular weight excluding hydrogens is 373 g/mol. The Labute approximate surface area is 158 Å². The van der Waals surface area contributed by atoms with Gasteiger partial charge < -0.3 is 10.1 Å². The summed E-state index contributed by atoms with van der Waals surface area (Å²) in [6.45, 7) is 3.81. The number of allylic oxidation sites excluding steroid dienone is 3. The number of nitrogens with zero attached hydrogens (tertiary/aromatic N) is 2. The van der Waals surface area contributed by atoms with Crippen LogP contribution in [0.3, 0.4) is 0 Å². The molecule has 2 N–H and O–H groups in total. The van der Waals surface area contributed by atoms with E-state index in [1.165, 1.54) is 25.4 Å². The highest BCUT2D eigenvalue weighted by Gasteiger charge is 2.36. The molecule has 1 aliphatic rings. The van der Waals surface area contributed by atoms with Gasteiger partial charge in [0, 0.05) is 29.4 Å². The van der Waals surface area contributed by atoms with E-state index in [0.717, 1.165) is 6.20 Å². The fourth-order valence-electron chi connectivity index (χ4n) is 2.62. The topological polar surface area (TPSA) is 76.1 Å². The van der Waals surface area contributed by atoms with Crippen molar-refractivity contribution in [2.45, 2.75) is 6.18 Å². The van der Waals surface area contributed by atoms with E-state index in [9.17, 15) is 18.0 Å². The van der Waals surface area contributed by atoms with Gasteiger partial charge in [0.2, 0.25) is 0 Å². The summed E-state index contributed by atoms with van der Waals surface area (Å²) >= 11 is 0. The third-order valence-corrected chi connectivity index (χ3v) is 3.80. The van der Waals surface area contributed by atoms with Crippen molar-refractivity contribution < 1.29 is 22.7 Å². The van der Waals surface area contributed by atoms with Gasteiger partial charge in [-0.1, -0.05) is 6.58 Å². The number of alkyl halides is 3. The largest absolute Gasteiger partial charge is 0.453 e. The minimum Gasteiger partial charge on any atom is -0.453 e. The van der Waals surface area contributed by atoms with E-state index in [-0.39, 0.29) is 17.1 Å². The molecule has 0 radical (unpaired) electrons. The number of methoxy groups -OCH3 is 1. The molecule has 2 aromatic rings. The summed E-state index contributed by atoms with van der Waals surface area (Å²) in [5, 5.41) is 5.28. The number of carbonyl (C=O) groups is 1. The number of carbonyl (C=O) groups excluding carboxylic acids is 1. The van der Waals surface area contributed by atoms with Crippen LogP contribution < -0.4 is 10.6 Å². The van der Waals surface area contributed by atoms with E-state index in [0.29, 0.717) is 16.8 Å². The van der Waals surface area contributed by atoms with Crippen LogP contribution in [0.1, 0.15) is 16.8 Å². The van der Waals surface area contributed by atoms with E-state index in [1.807, 2.05) is 0 Å². The van der Waals surface area contributed by atoms with Gasteiger partial charge in [-0.25, -0.2) is 9.78 Å². The molecule has 28 heavy (non-hydrogen) atoms. The zero-order valence-electron chi connectivity index (χ0n) is 14.7. The highest BCUT2D eigenvalue weighted by atomic mass is 19.4. The quantitative estimate of drug-likeness (QED) is 0.824. The van der Waals surface area contributed by atoms with Crippen LogP contribution in [0.15, 0.2) is 61.1 Å². The van der Waals surface area contributed by atoms with Crippen molar-refractivity contribution >= 4 is 23.2 Å². The summed E-state index contributed by atoms with van der Waals surface area (Å²) in [7, 11) is 1.22. The SMILES string of the molecule is C=C1C=C(c2ccnc(NC(=O)OC)c2)C=C(c2cccnc2C(F)(F)F)N1. The smallest absolute Gasteiger partial charge is 0.434 e. The lowest BCUT2D eigenvalue weighted by Crippen LogP contribution is -2.19. The lowest BCUT2D eigenvalue weighted by molar-refractivity contribution is -0.141. The van der Waals surface area contributed by atoms with Crippen LogP contribution in [0.25, 0.3) is 11.3 Å². The molecule has 0 aliphatic carbocycles. The van der Waals surface area contributed by atoms with Crippen molar-refractivity contribution in [1.82, 2.24) is 15.3 Å². The Morgan fingerprint density at radius 1 is 1.21 bits per heavy atom. The molecular formula is C19H15F3N4O2. The Kier molecular flexibility index (Phi) is 5.16. The average molecular weight is 388 g/mol. The number of rotatable bonds is 3. The van der Waals surface area contributed by atoms with Gasteiger partial charge in [-0.15, -0.1) is 0 Å². The number of ether oxygens (including phenoxy) is 1. The lowest BCUT2D eigenvalue weighted by Gasteiger charge is -2.21. The molecule has 6 nitrogen and oxygen atoms in total. The first kappa shape index (κ1) is 19.2. The molecule has 0 bridgehead atoms. The monoisotopic (exact) mass is 388 g/mol. The van der Waals surface area contributed by atoms with Crippen molar-refractivity contribution in [3.8, 4) is 0 Å². The maximum Gasteiger partial charge on any atom is 0.434 e. The van der Waals surface area contributed by atoms with Crippen molar-refractivity contribution in [3.05, 3.63) is 77.9 Å². The first-order valence-corrected chi connectivity index (χ1v) is 8.01. The van der Waals surface area contributed by atoms with E-state index >= 15 is 0 Å². The Morgan fingerprint density at radius 2 is 2.00 bits per heavy atom. The molecule has 3 heterocycles. The molecule has 0 saturated heterocycles. The number of halogens is 3. The molecule has 144 valence electrons. The van der Waals surface area contributed by atoms with Crippen LogP contribution >= 0.6 is 0 Å². The Balaban J connectivity index is 2.01. The number of amides is 1. The van der Waals surface area contributed by atoms with Gasteiger partial charge in [-0.2, -0.15) is 13.2 Å². The molecule has 0 fully saturated rings. The Hall–Kier alpha value is -3.62. The van der Waals surface area contributed by atoms with Crippen molar-refractivity contribution in [2.75, 3.05) is 12.4 Å². The molecule has 0 spiro atoms. The fourth-order valence-corrected chi connectivity index (χ4v) is 2.62. The predicted molar refractivity (Wildman–Crippen MR) is 97.7 cm³/mol. The normalized spacial score (nSPS) is 13.9. The van der Waals surface area contributed by atoms with Gasteiger partial charge in [0.1, 0.15) is 5.82 Å². The van der Waals surface area contributed by atoms with Crippen molar-refractivity contribution in [1.29, 1.82) is 0 Å². The average Bonchev–Trinajstić information content (AvgIpc) is 2.67. The Bertz CT molecular complexity index is 997. The third kappa shape index (κ3) is 4.20. The first-order valence-electron chi connectivity index (χ1n) is 8.01. The molecule has 9 heteroatoms. The number of aromatic nitrogens is 2. The summed E-state index contributed by atoms with van der Waals surface area (Å²) in [4.78, 5) is 18.8. The minimum absolute atomic E-state index is 0.0938. The van der Waals surface area contributed by atoms with Crippen molar-refractivity contribution in [2.24, 2.45) is 0 Å². The number of nitrogens with one attached hydrogen (secondary N) is 2. The van der Waals surface area contributed by atoms with Crippen LogP contribution in [0.2, 0.25) is 0 Å². The summed E-state index contributed by atoms with van der Waals surface area (Å²) in [6.07, 6.45) is 0.494. The van der Waals surface area contributed by atoms with E-state index in [2.05, 4.69) is 31.9 Å². The summed E-state index contributed by atoms with van der Waals surface area (Å²) in [5.74, 6) is 0.238. The molecule has 0 atom stereocenters. The van der Waals surface area contributed by atoms with Gasteiger partial charge in [-0.05, 0) is 47.6 Å². The second-order valence-corrected chi connectivity index (χ2v) is 5.75. The number of hydrogen-bond donors (Lipinski definition) is 2. The molecule has 3 rings (SSSR count). The van der Waals surface area contributed by atoms with Crippen LogP contribution in [0.5, 0.6) is 0 Å². The van der Waals surface area contributed by atoms with Crippen molar-refractivity contribution in [3.63, 3.8) is 0 Å². The predicted octanol–water partition coefficient (Wildman–Crippen LogP) is 4.22. The van der Waals surface area contributed by atoms with E-state index in [1.54, 1.807) is 24.3 Å². The molecule has 1 amide bonds. The lowest BCUT2D eigenvalue weighted by atomic mass is 9.98. The maximum absolute atomic E-state index is 13.3. The molecule has 2 aromatic heterocycles. The van der Waals surface area contributed by atoms with Gasteiger partial charge in [0.15, 0.2) is 5.69 Å². The van der Waals surface area contributed by atoms with Crippen LogP contribution in [-0.2, 0) is 10.9 Å². The highest BCUT2D eigenvalue weighted by Crippen LogP contribution is 2.35. The molecule has 0 unspecified atom stereocenters. The number of pyridine rings is 2. The van der Waals surface area contributed by atoms with E-state index in [4.69, 9.17) is 0 Å². The zero-order chi connectivity index (χ0) is 20.3. The number of hydrogen-bond acceptors (Lipinski definition) is 5. The van der Waals surface area contributed by atoms with Crippen LogP contribution in [-0.4, -0.2) is 23.2 Å². The summed E-state index contributed by atoms with van der Waals surface area (Å²) in [6, 6.07) is 6.00. The van der Waals surface area contributed by atoms with Crippen LogP contribution in [0.4, 0.5) is 23.8 Å². The number of anilines is 1. The van der Waals surface area contributed by atoms with E-state index < -0.39 is 18.0 Å². The molecule has 0 aromatic carbocycles. The maximum atomic E-state index is 13.3. The first-order chi connectivity index (χ1) is 13.3. The van der Waals surface area contributed by atoms with Gasteiger partial charge in [0.05, 0.1) is 7.11 Å². The molecule has 1 aliphatic heterocycles. The zero-order valence-corrected chi connectivity index (χ0v) is 14.7. The molecule has 0 saturated carbocycles. The summed E-state index contributed by atoms with van der Waals surface area (Å²) < 4.78 is 44.5. The second-order valence-electron chi connectivity index (χ2n) is 5.75. The van der Waals surface area contributed by atoms with Crippen LogP contribution in [0, 0.1) is 0 Å². The Morgan fingerprint density at radius 3 is 2.71 bits per heavy atom. The number of dihydropyridines is 1.